The maximum Gasteiger partial charge on any atom is 0.122 e. The zero-order chi connectivity index (χ0) is 7.49. The van der Waals surface area contributed by atoms with Gasteiger partial charge in [0.05, 0.1) is 1.43 Å². The fourth-order valence-electron chi connectivity index (χ4n) is 0.408. The SMILES string of the molecule is CCCC(I)(I)[C](I)I. The van der Waals surface area contributed by atoms with E-state index in [2.05, 4.69) is 97.3 Å². The Labute approximate surface area is 111 Å². The maximum atomic E-state index is 2.50. The average Bonchev–Trinajstić information content (AvgIpc) is 1.65. The lowest BCUT2D eigenvalue weighted by atomic mass is 10.3. The van der Waals surface area contributed by atoms with E-state index < -0.39 is 0 Å². The Morgan fingerprint density at radius 3 is 1.89 bits per heavy atom. The third kappa shape index (κ3) is 5.21. The van der Waals surface area contributed by atoms with Crippen LogP contribution in [0.2, 0.25) is 0 Å². The molecule has 0 heterocycles. The van der Waals surface area contributed by atoms with E-state index in [0.29, 0.717) is 1.43 Å². The number of hydrogen-bond acceptors (Lipinski definition) is 0. The molecule has 55 valence electrons. The summed E-state index contributed by atoms with van der Waals surface area (Å²) in [7, 11) is 0. The highest BCUT2D eigenvalue weighted by Crippen LogP contribution is 2.48. The van der Waals surface area contributed by atoms with Gasteiger partial charge in [-0.2, -0.15) is 0 Å². The van der Waals surface area contributed by atoms with Crippen LogP contribution in [0.15, 0.2) is 0 Å². The number of halogens is 4. The van der Waals surface area contributed by atoms with Gasteiger partial charge in [0.25, 0.3) is 0 Å². The first-order valence-electron chi connectivity index (χ1n) is 2.57. The zero-order valence-electron chi connectivity index (χ0n) is 4.93. The Hall–Kier alpha value is 2.92. The second-order valence-corrected chi connectivity index (χ2v) is 11.7. The molecular weight excluding hydrogens is 568 g/mol. The molecule has 0 saturated carbocycles. The van der Waals surface area contributed by atoms with Gasteiger partial charge >= 0.3 is 0 Å². The molecule has 0 rings (SSSR count). The summed E-state index contributed by atoms with van der Waals surface area (Å²) < 4.78 is 1.84. The molecule has 0 aliphatic heterocycles. The predicted octanol–water partition coefficient (Wildman–Crippen LogP) is 4.71. The molecule has 0 spiro atoms. The van der Waals surface area contributed by atoms with E-state index in [4.69, 9.17) is 0 Å². The van der Waals surface area contributed by atoms with Crippen molar-refractivity contribution in [1.82, 2.24) is 0 Å². The summed E-state index contributed by atoms with van der Waals surface area (Å²) in [4.78, 5) is 0. The lowest BCUT2D eigenvalue weighted by Gasteiger charge is -2.20. The molecular formula is C5H7I4. The first-order valence-corrected chi connectivity index (χ1v) is 6.88. The van der Waals surface area contributed by atoms with E-state index in [1.807, 2.05) is 0 Å². The molecule has 0 aromatic heterocycles. The van der Waals surface area contributed by atoms with Gasteiger partial charge in [-0.05, 0) is 6.42 Å². The molecule has 1 radical (unpaired) electrons. The van der Waals surface area contributed by atoms with Crippen LogP contribution >= 0.6 is 90.4 Å². The minimum Gasteiger partial charge on any atom is -0.0653 e. The Morgan fingerprint density at radius 2 is 1.78 bits per heavy atom. The Kier molecular flexibility index (Phi) is 7.35. The van der Waals surface area contributed by atoms with Crippen molar-refractivity contribution < 1.29 is 0 Å². The number of alkyl halides is 2. The van der Waals surface area contributed by atoms with Crippen molar-refractivity contribution in [2.75, 3.05) is 0 Å². The lowest BCUT2D eigenvalue weighted by Crippen LogP contribution is -2.11. The summed E-state index contributed by atoms with van der Waals surface area (Å²) in [5, 5.41) is 0. The molecule has 0 N–H and O–H groups in total. The molecule has 0 aliphatic carbocycles. The van der Waals surface area contributed by atoms with Crippen LogP contribution in [0.1, 0.15) is 19.8 Å². The van der Waals surface area contributed by atoms with E-state index in [1.165, 1.54) is 14.8 Å². The smallest absolute Gasteiger partial charge is 0.0653 e. The van der Waals surface area contributed by atoms with Crippen LogP contribution < -0.4 is 0 Å². The largest absolute Gasteiger partial charge is 0.122 e. The van der Waals surface area contributed by atoms with Gasteiger partial charge in [-0.1, -0.05) is 104 Å². The molecule has 0 bridgehead atoms. The summed E-state index contributed by atoms with van der Waals surface area (Å²) in [5.41, 5.74) is 0. The van der Waals surface area contributed by atoms with Gasteiger partial charge in [0.2, 0.25) is 0 Å². The van der Waals surface area contributed by atoms with Crippen molar-refractivity contribution in [1.29, 1.82) is 0 Å². The van der Waals surface area contributed by atoms with Gasteiger partial charge < -0.3 is 0 Å². The van der Waals surface area contributed by atoms with Gasteiger partial charge in [0, 0.05) is 0 Å². The fourth-order valence-corrected chi connectivity index (χ4v) is 2.03. The van der Waals surface area contributed by atoms with Crippen LogP contribution in [0.4, 0.5) is 0 Å². The van der Waals surface area contributed by atoms with Crippen molar-refractivity contribution in [2.45, 2.75) is 21.2 Å². The molecule has 4 heteroatoms. The molecule has 0 unspecified atom stereocenters. The van der Waals surface area contributed by atoms with Crippen molar-refractivity contribution in [3.63, 3.8) is 0 Å². The predicted molar refractivity (Wildman–Crippen MR) is 77.0 cm³/mol. The highest BCUT2D eigenvalue weighted by molar-refractivity contribution is 14.2. The molecule has 9 heavy (non-hydrogen) atoms. The van der Waals surface area contributed by atoms with E-state index >= 15 is 0 Å². The van der Waals surface area contributed by atoms with Crippen LogP contribution in [0.3, 0.4) is 0 Å². The highest BCUT2D eigenvalue weighted by atomic mass is 127. The third-order valence-electron chi connectivity index (χ3n) is 0.840. The first kappa shape index (κ1) is 11.9. The van der Waals surface area contributed by atoms with Crippen molar-refractivity contribution in [3.8, 4) is 0 Å². The lowest BCUT2D eigenvalue weighted by molar-refractivity contribution is 0.823. The van der Waals surface area contributed by atoms with Gasteiger partial charge in [-0.3, -0.25) is 0 Å². The maximum absolute atomic E-state index is 2.50. The van der Waals surface area contributed by atoms with Gasteiger partial charge in [0.1, 0.15) is 1.93 Å². The first-order chi connectivity index (χ1) is 4.00. The van der Waals surface area contributed by atoms with Crippen LogP contribution in [-0.2, 0) is 0 Å². The molecule has 0 amide bonds. The summed E-state index contributed by atoms with van der Waals surface area (Å²) in [5.74, 6) is 0. The molecule has 0 aliphatic rings. The number of rotatable bonds is 3. The number of hydrogen-bond donors (Lipinski definition) is 0. The molecule has 0 aromatic rings. The normalized spacial score (nSPS) is 12.7. The van der Waals surface area contributed by atoms with E-state index in [-0.39, 0.29) is 0 Å². The minimum absolute atomic E-state index is 0.380. The standard InChI is InChI=1S/C5H7I4/c1-2-3-5(8,9)4(6)7/h2-3H2,1H3. The van der Waals surface area contributed by atoms with E-state index in [1.54, 1.807) is 0 Å². The second-order valence-electron chi connectivity index (χ2n) is 1.71. The average molecular weight is 575 g/mol. The van der Waals surface area contributed by atoms with Gasteiger partial charge in [0.15, 0.2) is 0 Å². The molecule has 0 nitrogen and oxygen atoms in total. The van der Waals surface area contributed by atoms with Crippen molar-refractivity contribution in [2.24, 2.45) is 0 Å². The monoisotopic (exact) mass is 575 g/mol. The Balaban J connectivity index is 3.70. The van der Waals surface area contributed by atoms with Crippen molar-refractivity contribution >= 4 is 90.4 Å². The third-order valence-corrected chi connectivity index (χ3v) is 8.97. The van der Waals surface area contributed by atoms with Gasteiger partial charge in [-0.15, -0.1) is 0 Å². The fraction of sp³-hybridized carbons (Fsp3) is 0.800. The van der Waals surface area contributed by atoms with E-state index in [9.17, 15) is 0 Å². The highest BCUT2D eigenvalue weighted by Gasteiger charge is 2.28. The van der Waals surface area contributed by atoms with Crippen LogP contribution in [0, 0.1) is 1.93 Å². The van der Waals surface area contributed by atoms with Crippen LogP contribution in [-0.4, -0.2) is 1.43 Å². The quantitative estimate of drug-likeness (QED) is 0.339. The summed E-state index contributed by atoms with van der Waals surface area (Å²) in [6, 6.07) is 0. The minimum atomic E-state index is 0.380. The van der Waals surface area contributed by atoms with Crippen LogP contribution in [0.5, 0.6) is 0 Å². The summed E-state index contributed by atoms with van der Waals surface area (Å²) in [6.07, 6.45) is 2.54. The molecule has 0 fully saturated rings. The molecule has 0 aromatic carbocycles. The summed E-state index contributed by atoms with van der Waals surface area (Å²) >= 11 is 9.79. The summed E-state index contributed by atoms with van der Waals surface area (Å²) in [6.45, 7) is 2.22. The Bertz CT molecular complexity index is 79.0. The second kappa shape index (κ2) is 5.55. The van der Waals surface area contributed by atoms with Crippen LogP contribution in [0.25, 0.3) is 0 Å². The zero-order valence-corrected chi connectivity index (χ0v) is 13.6. The van der Waals surface area contributed by atoms with Gasteiger partial charge in [-0.25, -0.2) is 0 Å². The molecule has 0 atom stereocenters. The molecule has 0 saturated heterocycles. The van der Waals surface area contributed by atoms with Crippen molar-refractivity contribution in [3.05, 3.63) is 1.93 Å². The van der Waals surface area contributed by atoms with E-state index in [0.717, 1.165) is 0 Å². The Morgan fingerprint density at radius 1 is 1.33 bits per heavy atom. The topological polar surface area (TPSA) is 0 Å².